The van der Waals surface area contributed by atoms with E-state index in [1.54, 1.807) is 0 Å². The molecule has 1 aliphatic carbocycles. The van der Waals surface area contributed by atoms with Gasteiger partial charge in [0.25, 0.3) is 0 Å². The van der Waals surface area contributed by atoms with Crippen LogP contribution in [0.1, 0.15) is 82.8 Å². The number of hydrogen-bond donors (Lipinski definition) is 1. The highest BCUT2D eigenvalue weighted by molar-refractivity contribution is 5.74. The fourth-order valence-electron chi connectivity index (χ4n) is 4.73. The molecule has 7 nitrogen and oxygen atoms in total. The van der Waals surface area contributed by atoms with Gasteiger partial charge in [-0.1, -0.05) is 18.0 Å². The van der Waals surface area contributed by atoms with E-state index in [2.05, 4.69) is 25.3 Å². The number of nitrogens with one attached hydrogen (secondary N) is 1. The lowest BCUT2D eigenvalue weighted by molar-refractivity contribution is 0.0927. The molecule has 0 unspecified atom stereocenters. The fraction of sp³-hybridized carbons (Fsp3) is 0.857. The highest BCUT2D eigenvalue weighted by Gasteiger charge is 2.34. The number of carbonyl (C=O) groups is 1. The Morgan fingerprint density at radius 1 is 1.11 bits per heavy atom. The van der Waals surface area contributed by atoms with E-state index in [1.165, 1.54) is 25.7 Å². The molecule has 3 fully saturated rings. The summed E-state index contributed by atoms with van der Waals surface area (Å²) in [6, 6.07) is 0.698. The number of nitrogens with zero attached hydrogens (tertiary/aromatic N) is 4. The maximum absolute atomic E-state index is 12.8. The maximum atomic E-state index is 12.8. The van der Waals surface area contributed by atoms with E-state index >= 15 is 0 Å². The van der Waals surface area contributed by atoms with Gasteiger partial charge < -0.3 is 14.7 Å². The van der Waals surface area contributed by atoms with Gasteiger partial charge in [0.2, 0.25) is 5.89 Å². The summed E-state index contributed by atoms with van der Waals surface area (Å²) in [7, 11) is 0. The van der Waals surface area contributed by atoms with Crippen molar-refractivity contribution < 1.29 is 9.32 Å². The minimum absolute atomic E-state index is 0.128. The van der Waals surface area contributed by atoms with Crippen LogP contribution in [0, 0.1) is 5.92 Å². The van der Waals surface area contributed by atoms with Crippen molar-refractivity contribution in [1.82, 2.24) is 25.3 Å². The van der Waals surface area contributed by atoms with E-state index in [0.29, 0.717) is 17.9 Å². The van der Waals surface area contributed by atoms with Crippen LogP contribution in [0.2, 0.25) is 0 Å². The van der Waals surface area contributed by atoms with Crippen molar-refractivity contribution in [2.24, 2.45) is 5.92 Å². The van der Waals surface area contributed by atoms with Gasteiger partial charge in [0.15, 0.2) is 5.82 Å². The smallest absolute Gasteiger partial charge is 0.317 e. The molecule has 1 N–H and O–H groups in total. The lowest BCUT2D eigenvalue weighted by atomic mass is 9.86. The maximum Gasteiger partial charge on any atom is 0.317 e. The highest BCUT2D eigenvalue weighted by atomic mass is 16.5. The minimum Gasteiger partial charge on any atom is -0.338 e. The fourth-order valence-corrected chi connectivity index (χ4v) is 4.73. The molecular weight excluding hydrogens is 354 g/mol. The third-order valence-electron chi connectivity index (χ3n) is 6.43. The summed E-state index contributed by atoms with van der Waals surface area (Å²) < 4.78 is 5.45. The molecule has 1 saturated carbocycles. The van der Waals surface area contributed by atoms with Crippen LogP contribution in [0.15, 0.2) is 4.52 Å². The second-order valence-electron chi connectivity index (χ2n) is 9.15. The molecular formula is C21H35N5O2. The van der Waals surface area contributed by atoms with E-state index in [-0.39, 0.29) is 12.1 Å². The van der Waals surface area contributed by atoms with Crippen LogP contribution in [0.5, 0.6) is 0 Å². The van der Waals surface area contributed by atoms with E-state index in [4.69, 9.17) is 4.52 Å². The van der Waals surface area contributed by atoms with E-state index in [1.807, 2.05) is 13.8 Å². The van der Waals surface area contributed by atoms with Crippen LogP contribution < -0.4 is 5.32 Å². The molecule has 0 radical (unpaired) electrons. The molecule has 2 amide bonds. The third kappa shape index (κ3) is 4.85. The minimum atomic E-state index is 0.128. The Hall–Kier alpha value is -1.63. The van der Waals surface area contributed by atoms with Gasteiger partial charge >= 0.3 is 6.03 Å². The third-order valence-corrected chi connectivity index (χ3v) is 6.43. The predicted molar refractivity (Wildman–Crippen MR) is 107 cm³/mol. The molecule has 7 heteroatoms. The van der Waals surface area contributed by atoms with Gasteiger partial charge in [-0.3, -0.25) is 4.90 Å². The van der Waals surface area contributed by atoms with Gasteiger partial charge in [-0.25, -0.2) is 4.79 Å². The Bertz CT molecular complexity index is 649. The standard InChI is InChI=1S/C21H35N5O2/c1-15(2)22-21(27)26-11-5-3-4-6-18(26)16-9-12-25(13-10-16)14-19-23-20(24-28-19)17-7-8-17/h15-18H,3-14H2,1-2H3,(H,22,27)/t18-/m1/s1. The number of piperidine rings is 1. The first-order valence-corrected chi connectivity index (χ1v) is 11.2. The lowest BCUT2D eigenvalue weighted by Crippen LogP contribution is -2.52. The van der Waals surface area contributed by atoms with Gasteiger partial charge in [-0.15, -0.1) is 0 Å². The molecule has 2 aliphatic heterocycles. The quantitative estimate of drug-likeness (QED) is 0.834. The Balaban J connectivity index is 1.32. The van der Waals surface area contributed by atoms with Crippen molar-refractivity contribution in [2.45, 2.75) is 89.8 Å². The van der Waals surface area contributed by atoms with E-state index < -0.39 is 0 Å². The number of likely N-dealkylation sites (tertiary alicyclic amines) is 2. The van der Waals surface area contributed by atoms with Gasteiger partial charge in [0.05, 0.1) is 6.54 Å². The Morgan fingerprint density at radius 3 is 2.61 bits per heavy atom. The van der Waals surface area contributed by atoms with Gasteiger partial charge in [0.1, 0.15) is 0 Å². The van der Waals surface area contributed by atoms with Crippen LogP contribution in [0.3, 0.4) is 0 Å². The summed E-state index contributed by atoms with van der Waals surface area (Å²) in [5, 5.41) is 7.25. The van der Waals surface area contributed by atoms with Crippen molar-refractivity contribution >= 4 is 6.03 Å². The van der Waals surface area contributed by atoms with Crippen LogP contribution >= 0.6 is 0 Å². The first-order chi connectivity index (χ1) is 13.6. The average Bonchev–Trinajstić information content (AvgIpc) is 3.46. The SMILES string of the molecule is CC(C)NC(=O)N1CCCCC[C@@H]1C1CCN(Cc2nc(C3CC3)no2)CC1. The van der Waals surface area contributed by atoms with Crippen LogP contribution in [0.25, 0.3) is 0 Å². The average molecular weight is 390 g/mol. The summed E-state index contributed by atoms with van der Waals surface area (Å²) in [5.74, 6) is 2.79. The Labute approximate surface area is 168 Å². The number of aromatic nitrogens is 2. The molecule has 1 aromatic rings. The molecule has 1 atom stereocenters. The highest BCUT2D eigenvalue weighted by Crippen LogP contribution is 2.38. The first kappa shape index (κ1) is 19.7. The van der Waals surface area contributed by atoms with Gasteiger partial charge in [0, 0.05) is 24.5 Å². The summed E-state index contributed by atoms with van der Waals surface area (Å²) in [4.78, 5) is 21.9. The molecule has 3 heterocycles. The zero-order valence-electron chi connectivity index (χ0n) is 17.4. The molecule has 156 valence electrons. The zero-order valence-corrected chi connectivity index (χ0v) is 17.4. The molecule has 3 aliphatic rings. The summed E-state index contributed by atoms with van der Waals surface area (Å²) in [6.45, 7) is 7.82. The van der Waals surface area contributed by atoms with Crippen LogP contribution in [0.4, 0.5) is 4.79 Å². The number of rotatable bonds is 5. The van der Waals surface area contributed by atoms with Crippen LogP contribution in [-0.4, -0.2) is 57.7 Å². The van der Waals surface area contributed by atoms with E-state index in [9.17, 15) is 4.79 Å². The topological polar surface area (TPSA) is 74.5 Å². The molecule has 0 spiro atoms. The normalized spacial score (nSPS) is 25.1. The van der Waals surface area contributed by atoms with Crippen molar-refractivity contribution in [2.75, 3.05) is 19.6 Å². The number of amides is 2. The molecule has 4 rings (SSSR count). The van der Waals surface area contributed by atoms with E-state index in [0.717, 1.165) is 63.6 Å². The number of hydrogen-bond acceptors (Lipinski definition) is 5. The lowest BCUT2D eigenvalue weighted by Gasteiger charge is -2.40. The van der Waals surface area contributed by atoms with Gasteiger partial charge in [-0.05, 0) is 71.4 Å². The zero-order chi connectivity index (χ0) is 19.5. The van der Waals surface area contributed by atoms with Crippen LogP contribution in [-0.2, 0) is 6.54 Å². The van der Waals surface area contributed by atoms with Crippen molar-refractivity contribution in [3.63, 3.8) is 0 Å². The summed E-state index contributed by atoms with van der Waals surface area (Å²) in [5.41, 5.74) is 0. The summed E-state index contributed by atoms with van der Waals surface area (Å²) >= 11 is 0. The summed E-state index contributed by atoms with van der Waals surface area (Å²) in [6.07, 6.45) is 9.42. The monoisotopic (exact) mass is 389 g/mol. The van der Waals surface area contributed by atoms with Crippen molar-refractivity contribution in [3.8, 4) is 0 Å². The number of urea groups is 1. The molecule has 2 saturated heterocycles. The predicted octanol–water partition coefficient (Wildman–Crippen LogP) is 3.52. The van der Waals surface area contributed by atoms with Crippen molar-refractivity contribution in [3.05, 3.63) is 11.7 Å². The van der Waals surface area contributed by atoms with Crippen molar-refractivity contribution in [1.29, 1.82) is 0 Å². The Morgan fingerprint density at radius 2 is 1.89 bits per heavy atom. The molecule has 0 aromatic carbocycles. The largest absolute Gasteiger partial charge is 0.338 e. The molecule has 0 bridgehead atoms. The molecule has 28 heavy (non-hydrogen) atoms. The number of carbonyl (C=O) groups excluding carboxylic acids is 1. The second-order valence-corrected chi connectivity index (χ2v) is 9.15. The second kappa shape index (κ2) is 8.80. The Kier molecular flexibility index (Phi) is 6.19. The van der Waals surface area contributed by atoms with Gasteiger partial charge in [-0.2, -0.15) is 4.98 Å². The first-order valence-electron chi connectivity index (χ1n) is 11.2. The molecule has 1 aromatic heterocycles.